The van der Waals surface area contributed by atoms with Crippen molar-refractivity contribution in [1.82, 2.24) is 5.32 Å². The van der Waals surface area contributed by atoms with Crippen LogP contribution in [0.5, 0.6) is 0 Å². The molecule has 2 rings (SSSR count). The average molecular weight is 193 g/mol. The van der Waals surface area contributed by atoms with Crippen LogP contribution in [0.1, 0.15) is 29.9 Å². The second kappa shape index (κ2) is 4.09. The highest BCUT2D eigenvalue weighted by molar-refractivity contribution is 5.27. The largest absolute Gasteiger partial charge is 0.316 e. The Kier molecular flexibility index (Phi) is 2.82. The van der Waals surface area contributed by atoms with Gasteiger partial charge < -0.3 is 5.32 Å². The molecule has 0 spiro atoms. The van der Waals surface area contributed by atoms with Crippen molar-refractivity contribution in [3.05, 3.63) is 35.1 Å². The summed E-state index contributed by atoms with van der Waals surface area (Å²) < 4.78 is 13.6. The van der Waals surface area contributed by atoms with Crippen molar-refractivity contribution < 1.29 is 4.39 Å². The SMILES string of the molecule is Cc1ccc([C@@H]2CCCNC2)c(F)c1. The lowest BCUT2D eigenvalue weighted by atomic mass is 9.91. The molecule has 1 fully saturated rings. The van der Waals surface area contributed by atoms with E-state index in [0.717, 1.165) is 37.1 Å². The summed E-state index contributed by atoms with van der Waals surface area (Å²) in [6.45, 7) is 3.91. The van der Waals surface area contributed by atoms with Crippen LogP contribution in [-0.4, -0.2) is 13.1 Å². The van der Waals surface area contributed by atoms with Crippen molar-refractivity contribution in [2.45, 2.75) is 25.7 Å². The highest BCUT2D eigenvalue weighted by atomic mass is 19.1. The molecule has 0 aromatic heterocycles. The highest BCUT2D eigenvalue weighted by Gasteiger charge is 2.17. The number of hydrogen-bond donors (Lipinski definition) is 1. The van der Waals surface area contributed by atoms with Gasteiger partial charge in [-0.1, -0.05) is 12.1 Å². The van der Waals surface area contributed by atoms with Gasteiger partial charge in [-0.2, -0.15) is 0 Å². The van der Waals surface area contributed by atoms with Crippen molar-refractivity contribution >= 4 is 0 Å². The van der Waals surface area contributed by atoms with Gasteiger partial charge in [0.25, 0.3) is 0 Å². The molecule has 0 saturated carbocycles. The van der Waals surface area contributed by atoms with E-state index >= 15 is 0 Å². The minimum atomic E-state index is -0.0429. The van der Waals surface area contributed by atoms with Crippen LogP contribution in [-0.2, 0) is 0 Å². The van der Waals surface area contributed by atoms with E-state index in [1.165, 1.54) is 0 Å². The normalized spacial score (nSPS) is 22.3. The number of hydrogen-bond acceptors (Lipinski definition) is 1. The predicted molar refractivity (Wildman–Crippen MR) is 56.0 cm³/mol. The molecule has 0 unspecified atom stereocenters. The van der Waals surface area contributed by atoms with Crippen LogP contribution in [0.25, 0.3) is 0 Å². The molecule has 0 bridgehead atoms. The van der Waals surface area contributed by atoms with Crippen LogP contribution in [0.2, 0.25) is 0 Å². The zero-order valence-corrected chi connectivity index (χ0v) is 8.52. The van der Waals surface area contributed by atoms with Gasteiger partial charge in [-0.15, -0.1) is 0 Å². The van der Waals surface area contributed by atoms with Gasteiger partial charge in [-0.05, 0) is 49.4 Å². The number of halogens is 1. The molecule has 2 heteroatoms. The lowest BCUT2D eigenvalue weighted by Crippen LogP contribution is -2.28. The minimum absolute atomic E-state index is 0.0429. The Bertz CT molecular complexity index is 316. The van der Waals surface area contributed by atoms with Crippen molar-refractivity contribution in [2.24, 2.45) is 0 Å². The van der Waals surface area contributed by atoms with Gasteiger partial charge in [-0.25, -0.2) is 4.39 Å². The highest BCUT2D eigenvalue weighted by Crippen LogP contribution is 2.25. The summed E-state index contributed by atoms with van der Waals surface area (Å²) in [6, 6.07) is 5.55. The quantitative estimate of drug-likeness (QED) is 0.723. The van der Waals surface area contributed by atoms with E-state index in [4.69, 9.17) is 0 Å². The Balaban J connectivity index is 2.22. The van der Waals surface area contributed by atoms with E-state index in [-0.39, 0.29) is 5.82 Å². The van der Waals surface area contributed by atoms with E-state index in [9.17, 15) is 4.39 Å². The van der Waals surface area contributed by atoms with Gasteiger partial charge in [0, 0.05) is 6.54 Å². The van der Waals surface area contributed by atoms with Crippen LogP contribution in [0, 0.1) is 12.7 Å². The van der Waals surface area contributed by atoms with Gasteiger partial charge in [0.2, 0.25) is 0 Å². The molecule has 1 heterocycles. The fourth-order valence-corrected chi connectivity index (χ4v) is 2.08. The fraction of sp³-hybridized carbons (Fsp3) is 0.500. The molecule has 1 atom stereocenters. The third kappa shape index (κ3) is 1.95. The molecular weight excluding hydrogens is 177 g/mol. The second-order valence-electron chi connectivity index (χ2n) is 4.07. The molecule has 76 valence electrons. The summed E-state index contributed by atoms with van der Waals surface area (Å²) in [6.07, 6.45) is 2.25. The van der Waals surface area contributed by atoms with E-state index in [1.807, 2.05) is 19.1 Å². The first-order valence-electron chi connectivity index (χ1n) is 5.24. The second-order valence-corrected chi connectivity index (χ2v) is 4.07. The zero-order valence-electron chi connectivity index (χ0n) is 8.52. The Hall–Kier alpha value is -0.890. The van der Waals surface area contributed by atoms with E-state index in [1.54, 1.807) is 6.07 Å². The fourth-order valence-electron chi connectivity index (χ4n) is 2.08. The predicted octanol–water partition coefficient (Wildman–Crippen LogP) is 2.60. The zero-order chi connectivity index (χ0) is 9.97. The van der Waals surface area contributed by atoms with Gasteiger partial charge in [-0.3, -0.25) is 0 Å². The first-order valence-corrected chi connectivity index (χ1v) is 5.24. The Labute approximate surface area is 84.3 Å². The number of aryl methyl sites for hydroxylation is 1. The molecule has 1 nitrogen and oxygen atoms in total. The lowest BCUT2D eigenvalue weighted by Gasteiger charge is -2.23. The van der Waals surface area contributed by atoms with Crippen LogP contribution in [0.4, 0.5) is 4.39 Å². The van der Waals surface area contributed by atoms with E-state index in [0.29, 0.717) is 5.92 Å². The molecule has 0 aliphatic carbocycles. The first kappa shape index (κ1) is 9.66. The van der Waals surface area contributed by atoms with Crippen molar-refractivity contribution in [1.29, 1.82) is 0 Å². The van der Waals surface area contributed by atoms with Crippen LogP contribution < -0.4 is 5.32 Å². The summed E-state index contributed by atoms with van der Waals surface area (Å²) in [5.41, 5.74) is 1.87. The third-order valence-corrected chi connectivity index (χ3v) is 2.89. The van der Waals surface area contributed by atoms with Crippen molar-refractivity contribution in [3.8, 4) is 0 Å². The van der Waals surface area contributed by atoms with Gasteiger partial charge in [0.15, 0.2) is 0 Å². The lowest BCUT2D eigenvalue weighted by molar-refractivity contribution is 0.446. The van der Waals surface area contributed by atoms with Gasteiger partial charge in [0.05, 0.1) is 0 Å². The van der Waals surface area contributed by atoms with Crippen LogP contribution in [0.15, 0.2) is 18.2 Å². The van der Waals surface area contributed by atoms with Crippen LogP contribution >= 0.6 is 0 Å². The molecule has 14 heavy (non-hydrogen) atoms. The maximum Gasteiger partial charge on any atom is 0.126 e. The molecule has 1 aromatic carbocycles. The summed E-state index contributed by atoms with van der Waals surface area (Å²) in [7, 11) is 0. The maximum absolute atomic E-state index is 13.6. The number of piperidine rings is 1. The first-order chi connectivity index (χ1) is 6.77. The van der Waals surface area contributed by atoms with Crippen molar-refractivity contribution in [2.75, 3.05) is 13.1 Å². The van der Waals surface area contributed by atoms with Gasteiger partial charge in [0.1, 0.15) is 5.82 Å². The summed E-state index contributed by atoms with van der Waals surface area (Å²) in [5.74, 6) is 0.322. The molecule has 1 aliphatic rings. The Morgan fingerprint density at radius 1 is 1.43 bits per heavy atom. The molecule has 0 radical (unpaired) electrons. The molecule has 0 amide bonds. The maximum atomic E-state index is 13.6. The number of benzene rings is 1. The molecule has 1 N–H and O–H groups in total. The van der Waals surface area contributed by atoms with E-state index in [2.05, 4.69) is 5.32 Å². The summed E-state index contributed by atoms with van der Waals surface area (Å²) in [5, 5.41) is 3.31. The smallest absolute Gasteiger partial charge is 0.126 e. The molecule has 1 aromatic rings. The summed E-state index contributed by atoms with van der Waals surface area (Å²) >= 11 is 0. The van der Waals surface area contributed by atoms with Crippen molar-refractivity contribution in [3.63, 3.8) is 0 Å². The molecule has 1 aliphatic heterocycles. The van der Waals surface area contributed by atoms with Gasteiger partial charge >= 0.3 is 0 Å². The number of nitrogens with one attached hydrogen (secondary N) is 1. The minimum Gasteiger partial charge on any atom is -0.316 e. The standard InChI is InChI=1S/C12H16FN/c1-9-4-5-11(12(13)7-9)10-3-2-6-14-8-10/h4-5,7,10,14H,2-3,6,8H2,1H3/t10-/m1/s1. The molecular formula is C12H16FN. The number of rotatable bonds is 1. The monoisotopic (exact) mass is 193 g/mol. The summed E-state index contributed by atoms with van der Waals surface area (Å²) in [4.78, 5) is 0. The van der Waals surface area contributed by atoms with E-state index < -0.39 is 0 Å². The Morgan fingerprint density at radius 3 is 2.93 bits per heavy atom. The Morgan fingerprint density at radius 2 is 2.29 bits per heavy atom. The molecule has 1 saturated heterocycles. The third-order valence-electron chi connectivity index (χ3n) is 2.89. The van der Waals surface area contributed by atoms with Crippen LogP contribution in [0.3, 0.4) is 0 Å². The topological polar surface area (TPSA) is 12.0 Å². The average Bonchev–Trinajstić information content (AvgIpc) is 2.19.